The molecule has 2 amide bonds. The zero-order valence-corrected chi connectivity index (χ0v) is 14.2. The highest BCUT2D eigenvalue weighted by Gasteiger charge is 2.04. The van der Waals surface area contributed by atoms with Crippen LogP contribution in [0.4, 0.5) is 0 Å². The lowest BCUT2D eigenvalue weighted by Crippen LogP contribution is -2.28. The Morgan fingerprint density at radius 2 is 1.22 bits per heavy atom. The van der Waals surface area contributed by atoms with Crippen LogP contribution in [0.1, 0.15) is 11.1 Å². The van der Waals surface area contributed by atoms with Gasteiger partial charge >= 0.3 is 0 Å². The highest BCUT2D eigenvalue weighted by Crippen LogP contribution is 2.13. The van der Waals surface area contributed by atoms with E-state index >= 15 is 0 Å². The SMILES string of the molecule is O=C(COCC(=O)N/N=C/c1ccccc1O)N/N=C\c1ccccc1O. The number of aromatic hydroxyl groups is 2. The minimum atomic E-state index is -0.563. The van der Waals surface area contributed by atoms with Crippen LogP contribution < -0.4 is 10.9 Å². The zero-order chi connectivity index (χ0) is 19.5. The molecule has 4 N–H and O–H groups in total. The third-order valence-corrected chi connectivity index (χ3v) is 3.13. The van der Waals surface area contributed by atoms with Crippen LogP contribution in [-0.4, -0.2) is 47.7 Å². The Balaban J connectivity index is 1.65. The summed E-state index contributed by atoms with van der Waals surface area (Å²) in [5, 5.41) is 26.4. The highest BCUT2D eigenvalue weighted by atomic mass is 16.5. The van der Waals surface area contributed by atoms with E-state index in [4.69, 9.17) is 4.74 Å². The van der Waals surface area contributed by atoms with Crippen molar-refractivity contribution in [2.24, 2.45) is 10.2 Å². The van der Waals surface area contributed by atoms with E-state index in [0.717, 1.165) is 0 Å². The number of carbonyl (C=O) groups is 2. The predicted octanol–water partition coefficient (Wildman–Crippen LogP) is 0.715. The Morgan fingerprint density at radius 3 is 1.63 bits per heavy atom. The standard InChI is InChI=1S/C18H18N4O5/c23-15-7-3-1-5-13(15)9-19-21-17(25)11-27-12-18(26)22-20-10-14-6-2-4-8-16(14)24/h1-10,23-24H,11-12H2,(H,21,25)(H,22,26)/b19-9-,20-10+. The van der Waals surface area contributed by atoms with E-state index < -0.39 is 11.8 Å². The van der Waals surface area contributed by atoms with Gasteiger partial charge in [0.2, 0.25) is 0 Å². The molecule has 0 aliphatic heterocycles. The summed E-state index contributed by atoms with van der Waals surface area (Å²) in [7, 11) is 0. The molecule has 0 saturated heterocycles. The van der Waals surface area contributed by atoms with Gasteiger partial charge in [-0.1, -0.05) is 24.3 Å². The van der Waals surface area contributed by atoms with Crippen LogP contribution in [0.15, 0.2) is 58.7 Å². The number of hydrogen-bond acceptors (Lipinski definition) is 7. The molecule has 0 unspecified atom stereocenters. The molecule has 0 aromatic heterocycles. The van der Waals surface area contributed by atoms with E-state index in [0.29, 0.717) is 11.1 Å². The minimum absolute atomic E-state index is 0.0350. The molecular formula is C18H18N4O5. The number of hydrogen-bond donors (Lipinski definition) is 4. The topological polar surface area (TPSA) is 133 Å². The summed E-state index contributed by atoms with van der Waals surface area (Å²) in [6.45, 7) is -0.760. The number of ether oxygens (including phenoxy) is 1. The normalized spacial score (nSPS) is 11.0. The smallest absolute Gasteiger partial charge is 0.266 e. The van der Waals surface area contributed by atoms with E-state index in [9.17, 15) is 19.8 Å². The summed E-state index contributed by atoms with van der Waals surface area (Å²) in [4.78, 5) is 23.1. The van der Waals surface area contributed by atoms with Gasteiger partial charge in [0.1, 0.15) is 24.7 Å². The molecule has 140 valence electrons. The van der Waals surface area contributed by atoms with E-state index in [-0.39, 0.29) is 24.7 Å². The average Bonchev–Trinajstić information content (AvgIpc) is 2.65. The first-order valence-corrected chi connectivity index (χ1v) is 7.84. The number of para-hydroxylation sites is 2. The van der Waals surface area contributed by atoms with Crippen molar-refractivity contribution < 1.29 is 24.5 Å². The Kier molecular flexibility index (Phi) is 7.49. The van der Waals surface area contributed by atoms with E-state index in [1.165, 1.54) is 24.6 Å². The van der Waals surface area contributed by atoms with E-state index in [1.54, 1.807) is 36.4 Å². The van der Waals surface area contributed by atoms with Gasteiger partial charge in [0.15, 0.2) is 0 Å². The molecule has 27 heavy (non-hydrogen) atoms. The molecule has 2 rings (SSSR count). The van der Waals surface area contributed by atoms with Crippen LogP contribution in [0.3, 0.4) is 0 Å². The van der Waals surface area contributed by atoms with Gasteiger partial charge in [-0.25, -0.2) is 10.9 Å². The molecule has 0 bridgehead atoms. The third-order valence-electron chi connectivity index (χ3n) is 3.13. The number of carbonyl (C=O) groups excluding carboxylic acids is 2. The Labute approximate surface area is 155 Å². The van der Waals surface area contributed by atoms with Crippen LogP contribution in [-0.2, 0) is 14.3 Å². The molecule has 0 aliphatic carbocycles. The molecule has 0 atom stereocenters. The lowest BCUT2D eigenvalue weighted by molar-refractivity contribution is -0.130. The van der Waals surface area contributed by atoms with Crippen molar-refractivity contribution in [2.75, 3.05) is 13.2 Å². The van der Waals surface area contributed by atoms with Gasteiger partial charge < -0.3 is 14.9 Å². The van der Waals surface area contributed by atoms with Crippen molar-refractivity contribution in [2.45, 2.75) is 0 Å². The second kappa shape index (κ2) is 10.3. The maximum atomic E-state index is 11.5. The maximum absolute atomic E-state index is 11.5. The maximum Gasteiger partial charge on any atom is 0.266 e. The van der Waals surface area contributed by atoms with Gasteiger partial charge in [0, 0.05) is 11.1 Å². The van der Waals surface area contributed by atoms with Crippen LogP contribution in [0.2, 0.25) is 0 Å². The van der Waals surface area contributed by atoms with Crippen molar-refractivity contribution in [1.29, 1.82) is 0 Å². The molecule has 0 fully saturated rings. The quantitative estimate of drug-likeness (QED) is 0.401. The fraction of sp³-hybridized carbons (Fsp3) is 0.111. The van der Waals surface area contributed by atoms with Crippen molar-refractivity contribution in [3.63, 3.8) is 0 Å². The summed E-state index contributed by atoms with van der Waals surface area (Å²) in [6.07, 6.45) is 2.57. The Bertz CT molecular complexity index is 782. The molecule has 9 nitrogen and oxygen atoms in total. The fourth-order valence-corrected chi connectivity index (χ4v) is 1.84. The van der Waals surface area contributed by atoms with Crippen LogP contribution in [0.25, 0.3) is 0 Å². The van der Waals surface area contributed by atoms with Crippen molar-refractivity contribution in [3.05, 3.63) is 59.7 Å². The van der Waals surface area contributed by atoms with Crippen LogP contribution >= 0.6 is 0 Å². The second-order valence-corrected chi connectivity index (χ2v) is 5.20. The van der Waals surface area contributed by atoms with E-state index in [1.807, 2.05) is 0 Å². The number of benzene rings is 2. The first-order valence-electron chi connectivity index (χ1n) is 7.84. The fourth-order valence-electron chi connectivity index (χ4n) is 1.84. The number of nitrogens with zero attached hydrogens (tertiary/aromatic N) is 2. The third kappa shape index (κ3) is 6.96. The molecule has 0 spiro atoms. The van der Waals surface area contributed by atoms with Crippen molar-refractivity contribution >= 4 is 24.2 Å². The summed E-state index contributed by atoms with van der Waals surface area (Å²) < 4.78 is 4.94. The Morgan fingerprint density at radius 1 is 0.815 bits per heavy atom. The van der Waals surface area contributed by atoms with Crippen LogP contribution in [0.5, 0.6) is 11.5 Å². The molecule has 0 aliphatic rings. The summed E-state index contributed by atoms with van der Waals surface area (Å²) >= 11 is 0. The number of hydrazone groups is 2. The largest absolute Gasteiger partial charge is 0.507 e. The molecule has 2 aromatic carbocycles. The van der Waals surface area contributed by atoms with Gasteiger partial charge in [-0.05, 0) is 24.3 Å². The molecule has 9 heteroatoms. The van der Waals surface area contributed by atoms with Gasteiger partial charge in [0.05, 0.1) is 12.4 Å². The van der Waals surface area contributed by atoms with Gasteiger partial charge in [-0.2, -0.15) is 10.2 Å². The average molecular weight is 370 g/mol. The number of amides is 2. The van der Waals surface area contributed by atoms with Crippen LogP contribution in [0, 0.1) is 0 Å². The Hall–Kier alpha value is -3.72. The molecule has 2 aromatic rings. The number of nitrogens with one attached hydrogen (secondary N) is 2. The predicted molar refractivity (Wildman–Crippen MR) is 98.5 cm³/mol. The molecule has 0 saturated carbocycles. The van der Waals surface area contributed by atoms with Gasteiger partial charge in [-0.3, -0.25) is 9.59 Å². The van der Waals surface area contributed by atoms with Crippen molar-refractivity contribution in [1.82, 2.24) is 10.9 Å². The monoisotopic (exact) mass is 370 g/mol. The highest BCUT2D eigenvalue weighted by molar-refractivity contribution is 5.86. The summed E-state index contributed by atoms with van der Waals surface area (Å²) in [5.74, 6) is -1.06. The van der Waals surface area contributed by atoms with Gasteiger partial charge in [-0.15, -0.1) is 0 Å². The molecular weight excluding hydrogens is 352 g/mol. The second-order valence-electron chi connectivity index (χ2n) is 5.20. The first kappa shape index (κ1) is 19.6. The summed E-state index contributed by atoms with van der Waals surface area (Å²) in [6, 6.07) is 13.0. The first-order chi connectivity index (χ1) is 13.1. The lowest BCUT2D eigenvalue weighted by atomic mass is 10.2. The zero-order valence-electron chi connectivity index (χ0n) is 14.2. The molecule has 0 heterocycles. The number of rotatable bonds is 8. The minimum Gasteiger partial charge on any atom is -0.507 e. The van der Waals surface area contributed by atoms with Crippen molar-refractivity contribution in [3.8, 4) is 11.5 Å². The van der Waals surface area contributed by atoms with Gasteiger partial charge in [0.25, 0.3) is 11.8 Å². The number of phenolic OH excluding ortho intramolecular Hbond substituents is 2. The summed E-state index contributed by atoms with van der Waals surface area (Å²) in [5.41, 5.74) is 5.31. The van der Waals surface area contributed by atoms with E-state index in [2.05, 4.69) is 21.1 Å². The molecule has 0 radical (unpaired) electrons. The lowest BCUT2D eigenvalue weighted by Gasteiger charge is -2.03. The number of phenols is 2.